The van der Waals surface area contributed by atoms with Gasteiger partial charge in [-0.25, -0.2) is 0 Å². The third kappa shape index (κ3) is 2.39. The summed E-state index contributed by atoms with van der Waals surface area (Å²) in [6, 6.07) is 8.39. The fourth-order valence-corrected chi connectivity index (χ4v) is 2.52. The van der Waals surface area contributed by atoms with Crippen LogP contribution in [0.5, 0.6) is 0 Å². The Morgan fingerprint density at radius 3 is 2.71 bits per heavy atom. The molecule has 1 aromatic rings. The highest BCUT2D eigenvalue weighted by Gasteiger charge is 2.29. The van der Waals surface area contributed by atoms with Gasteiger partial charge in [0.1, 0.15) is 0 Å². The molecule has 1 saturated heterocycles. The van der Waals surface area contributed by atoms with Crippen LogP contribution < -0.4 is 4.90 Å². The lowest BCUT2D eigenvalue weighted by Crippen LogP contribution is -2.57. The highest BCUT2D eigenvalue weighted by Crippen LogP contribution is 2.25. The van der Waals surface area contributed by atoms with Gasteiger partial charge in [-0.1, -0.05) is 17.7 Å². The van der Waals surface area contributed by atoms with Gasteiger partial charge in [0.25, 0.3) is 0 Å². The van der Waals surface area contributed by atoms with E-state index in [2.05, 4.69) is 24.8 Å². The molecular weight excluding hydrogens is 236 g/mol. The number of halogens is 1. The summed E-state index contributed by atoms with van der Waals surface area (Å²) in [7, 11) is 0. The molecule has 2 rings (SSSR count). The van der Waals surface area contributed by atoms with Gasteiger partial charge in [-0.2, -0.15) is 0 Å². The molecule has 0 spiro atoms. The van der Waals surface area contributed by atoms with E-state index in [-0.39, 0.29) is 6.04 Å². The average Bonchev–Trinajstić information content (AvgIpc) is 2.32. The van der Waals surface area contributed by atoms with Crippen LogP contribution in [0.1, 0.15) is 13.8 Å². The molecular formula is C13H17ClN2O. The number of carbonyl (C=O) groups excluding carboxylic acids is 1. The van der Waals surface area contributed by atoms with Crippen molar-refractivity contribution in [1.29, 1.82) is 0 Å². The topological polar surface area (TPSA) is 23.6 Å². The lowest BCUT2D eigenvalue weighted by molar-refractivity contribution is -0.120. The van der Waals surface area contributed by atoms with Crippen molar-refractivity contribution in [3.8, 4) is 0 Å². The Bertz CT molecular complexity index is 410. The van der Waals surface area contributed by atoms with Crippen LogP contribution in [0.3, 0.4) is 0 Å². The van der Waals surface area contributed by atoms with E-state index in [4.69, 9.17) is 11.6 Å². The minimum Gasteiger partial charge on any atom is -0.365 e. The summed E-state index contributed by atoms with van der Waals surface area (Å²) < 4.78 is 0. The molecule has 1 aliphatic heterocycles. The fourth-order valence-electron chi connectivity index (χ4n) is 2.34. The smallest absolute Gasteiger partial charge is 0.210 e. The summed E-state index contributed by atoms with van der Waals surface area (Å²) in [5, 5.41) is 0.750. The zero-order valence-corrected chi connectivity index (χ0v) is 10.9. The van der Waals surface area contributed by atoms with Crippen LogP contribution in [0.2, 0.25) is 5.02 Å². The van der Waals surface area contributed by atoms with Crippen LogP contribution in [0.15, 0.2) is 24.3 Å². The maximum absolute atomic E-state index is 10.9. The van der Waals surface area contributed by atoms with Crippen molar-refractivity contribution in [3.63, 3.8) is 0 Å². The first-order chi connectivity index (χ1) is 8.13. The monoisotopic (exact) mass is 252 g/mol. The summed E-state index contributed by atoms with van der Waals surface area (Å²) in [5.74, 6) is 0. The van der Waals surface area contributed by atoms with Crippen molar-refractivity contribution in [3.05, 3.63) is 29.3 Å². The van der Waals surface area contributed by atoms with E-state index in [1.54, 1.807) is 0 Å². The summed E-state index contributed by atoms with van der Waals surface area (Å²) >= 11 is 6.01. The van der Waals surface area contributed by atoms with Gasteiger partial charge in [-0.3, -0.25) is 4.79 Å². The molecule has 0 aromatic heterocycles. The lowest BCUT2D eigenvalue weighted by Gasteiger charge is -2.44. The Hall–Kier alpha value is -1.22. The van der Waals surface area contributed by atoms with Crippen LogP contribution in [-0.2, 0) is 4.79 Å². The molecule has 1 heterocycles. The van der Waals surface area contributed by atoms with Crippen LogP contribution in [0, 0.1) is 0 Å². The Morgan fingerprint density at radius 2 is 2.06 bits per heavy atom. The SMILES string of the molecule is C[C@H]1[C@H](C)N(c2cccc(Cl)c2)CCN1C=O. The molecule has 0 unspecified atom stereocenters. The second-order valence-electron chi connectivity index (χ2n) is 4.50. The highest BCUT2D eigenvalue weighted by molar-refractivity contribution is 6.30. The molecule has 17 heavy (non-hydrogen) atoms. The summed E-state index contributed by atoms with van der Waals surface area (Å²) in [6.45, 7) is 5.84. The van der Waals surface area contributed by atoms with E-state index in [1.807, 2.05) is 23.1 Å². The molecule has 0 aliphatic carbocycles. The van der Waals surface area contributed by atoms with E-state index in [0.717, 1.165) is 30.2 Å². The molecule has 1 amide bonds. The second-order valence-corrected chi connectivity index (χ2v) is 4.93. The molecule has 3 nitrogen and oxygen atoms in total. The first-order valence-corrected chi connectivity index (χ1v) is 6.24. The van der Waals surface area contributed by atoms with Crippen LogP contribution >= 0.6 is 11.6 Å². The van der Waals surface area contributed by atoms with Crippen molar-refractivity contribution >= 4 is 23.7 Å². The van der Waals surface area contributed by atoms with Crippen LogP contribution in [-0.4, -0.2) is 36.5 Å². The Morgan fingerprint density at radius 1 is 1.29 bits per heavy atom. The van der Waals surface area contributed by atoms with E-state index < -0.39 is 0 Å². The van der Waals surface area contributed by atoms with Gasteiger partial charge in [0, 0.05) is 35.9 Å². The number of rotatable bonds is 2. The number of nitrogens with zero attached hydrogens (tertiary/aromatic N) is 2. The predicted molar refractivity (Wildman–Crippen MR) is 70.5 cm³/mol. The van der Waals surface area contributed by atoms with E-state index >= 15 is 0 Å². The molecule has 0 N–H and O–H groups in total. The molecule has 0 bridgehead atoms. The van der Waals surface area contributed by atoms with E-state index in [1.165, 1.54) is 0 Å². The van der Waals surface area contributed by atoms with E-state index in [9.17, 15) is 4.79 Å². The average molecular weight is 253 g/mol. The number of hydrogen-bond donors (Lipinski definition) is 0. The number of benzene rings is 1. The zero-order chi connectivity index (χ0) is 12.4. The molecule has 0 radical (unpaired) electrons. The Labute approximate surface area is 107 Å². The van der Waals surface area contributed by atoms with Gasteiger partial charge in [0.05, 0.1) is 0 Å². The summed E-state index contributed by atoms with van der Waals surface area (Å²) in [6.07, 6.45) is 0.941. The number of piperazine rings is 1. The van der Waals surface area contributed by atoms with Crippen LogP contribution in [0.4, 0.5) is 5.69 Å². The molecule has 1 aliphatic rings. The molecule has 92 valence electrons. The number of carbonyl (C=O) groups is 1. The van der Waals surface area contributed by atoms with Gasteiger partial charge in [-0.05, 0) is 32.0 Å². The predicted octanol–water partition coefficient (Wildman–Crippen LogP) is 2.40. The van der Waals surface area contributed by atoms with Crippen molar-refractivity contribution in [2.24, 2.45) is 0 Å². The first kappa shape index (κ1) is 12.2. The van der Waals surface area contributed by atoms with Crippen LogP contribution in [0.25, 0.3) is 0 Å². The van der Waals surface area contributed by atoms with Gasteiger partial charge < -0.3 is 9.80 Å². The van der Waals surface area contributed by atoms with Crippen molar-refractivity contribution in [1.82, 2.24) is 4.90 Å². The quantitative estimate of drug-likeness (QED) is 0.755. The third-order valence-electron chi connectivity index (χ3n) is 3.59. The van der Waals surface area contributed by atoms with Crippen molar-refractivity contribution in [2.75, 3.05) is 18.0 Å². The van der Waals surface area contributed by atoms with Gasteiger partial charge in [-0.15, -0.1) is 0 Å². The zero-order valence-electron chi connectivity index (χ0n) is 10.1. The van der Waals surface area contributed by atoms with Gasteiger partial charge in [0.15, 0.2) is 0 Å². The summed E-state index contributed by atoms with van der Waals surface area (Å²) in [4.78, 5) is 15.1. The normalized spacial score (nSPS) is 24.9. The van der Waals surface area contributed by atoms with Gasteiger partial charge in [0.2, 0.25) is 6.41 Å². The molecule has 0 saturated carbocycles. The largest absolute Gasteiger partial charge is 0.365 e. The van der Waals surface area contributed by atoms with E-state index in [0.29, 0.717) is 6.04 Å². The first-order valence-electron chi connectivity index (χ1n) is 5.86. The number of anilines is 1. The second kappa shape index (κ2) is 4.96. The Kier molecular flexibility index (Phi) is 3.57. The van der Waals surface area contributed by atoms with Crippen molar-refractivity contribution in [2.45, 2.75) is 25.9 Å². The van der Waals surface area contributed by atoms with Gasteiger partial charge >= 0.3 is 0 Å². The Balaban J connectivity index is 2.21. The van der Waals surface area contributed by atoms with Crippen molar-refractivity contribution < 1.29 is 4.79 Å². The molecule has 1 fully saturated rings. The fraction of sp³-hybridized carbons (Fsp3) is 0.462. The maximum Gasteiger partial charge on any atom is 0.210 e. The maximum atomic E-state index is 10.9. The molecule has 4 heteroatoms. The lowest BCUT2D eigenvalue weighted by atomic mass is 10.0. The number of hydrogen-bond acceptors (Lipinski definition) is 2. The minimum atomic E-state index is 0.222. The molecule has 1 aromatic carbocycles. The summed E-state index contributed by atoms with van der Waals surface area (Å²) in [5.41, 5.74) is 1.13. The molecule has 2 atom stereocenters. The third-order valence-corrected chi connectivity index (χ3v) is 3.82. The highest BCUT2D eigenvalue weighted by atomic mass is 35.5. The standard InChI is InChI=1S/C13H17ClN2O/c1-10-11(2)16(7-6-15(10)9-17)13-5-3-4-12(14)8-13/h3-5,8-11H,6-7H2,1-2H3/t10-,11-/m0/s1. The number of amides is 1. The minimum absolute atomic E-state index is 0.222.